The van der Waals surface area contributed by atoms with Crippen molar-refractivity contribution in [1.82, 2.24) is 10.6 Å². The number of hydrogen-bond donors (Lipinski definition) is 2. The molecule has 0 aliphatic rings. The fraction of sp³-hybridized carbons (Fsp3) is 0.909. The first kappa shape index (κ1) is 16.1. The molecule has 102 valence electrons. The number of nitrogens with one attached hydrogen (secondary N) is 2. The van der Waals surface area contributed by atoms with Gasteiger partial charge in [0.2, 0.25) is 0 Å². The van der Waals surface area contributed by atoms with E-state index in [4.69, 9.17) is 0 Å². The van der Waals surface area contributed by atoms with Gasteiger partial charge in [-0.2, -0.15) is 13.2 Å². The van der Waals surface area contributed by atoms with Crippen LogP contribution in [0.1, 0.15) is 39.0 Å². The van der Waals surface area contributed by atoms with Crippen molar-refractivity contribution < 1.29 is 13.2 Å². The van der Waals surface area contributed by atoms with E-state index in [-0.39, 0.29) is 6.42 Å². The molecule has 0 aromatic heterocycles. The third-order valence-electron chi connectivity index (χ3n) is 2.23. The highest BCUT2D eigenvalue weighted by molar-refractivity contribution is 5.79. The van der Waals surface area contributed by atoms with Crippen molar-refractivity contribution in [2.45, 2.75) is 45.2 Å². The van der Waals surface area contributed by atoms with Crippen molar-refractivity contribution in [3.8, 4) is 0 Å². The largest absolute Gasteiger partial charge is 0.389 e. The predicted molar refractivity (Wildman–Crippen MR) is 64.2 cm³/mol. The lowest BCUT2D eigenvalue weighted by Crippen LogP contribution is -2.38. The van der Waals surface area contributed by atoms with Crippen molar-refractivity contribution in [2.75, 3.05) is 20.1 Å². The second kappa shape index (κ2) is 9.13. The smallest absolute Gasteiger partial charge is 0.356 e. The van der Waals surface area contributed by atoms with Crippen LogP contribution in [0.2, 0.25) is 0 Å². The number of unbranched alkanes of at least 4 members (excludes halogenated alkanes) is 2. The molecule has 0 aromatic carbocycles. The number of halogens is 3. The Hall–Kier alpha value is -0.940. The van der Waals surface area contributed by atoms with Crippen LogP contribution in [-0.2, 0) is 0 Å². The van der Waals surface area contributed by atoms with Gasteiger partial charge in [-0.1, -0.05) is 13.3 Å². The minimum Gasteiger partial charge on any atom is -0.356 e. The molecule has 0 radical (unpaired) electrons. The lowest BCUT2D eigenvalue weighted by molar-refractivity contribution is -0.135. The molecule has 0 rings (SSSR count). The van der Waals surface area contributed by atoms with Gasteiger partial charge in [0.15, 0.2) is 5.96 Å². The second-order valence-electron chi connectivity index (χ2n) is 3.85. The van der Waals surface area contributed by atoms with Gasteiger partial charge in [0.05, 0.1) is 0 Å². The Morgan fingerprint density at radius 1 is 1.06 bits per heavy atom. The summed E-state index contributed by atoms with van der Waals surface area (Å²) in [5.41, 5.74) is 0. The van der Waals surface area contributed by atoms with Gasteiger partial charge in [0.1, 0.15) is 0 Å². The first-order valence-electron chi connectivity index (χ1n) is 6.01. The Labute approximate surface area is 101 Å². The third-order valence-corrected chi connectivity index (χ3v) is 2.23. The zero-order chi connectivity index (χ0) is 13.1. The summed E-state index contributed by atoms with van der Waals surface area (Å²) in [6.07, 6.45) is -1.96. The first-order valence-corrected chi connectivity index (χ1v) is 6.01. The molecule has 0 unspecified atom stereocenters. The summed E-state index contributed by atoms with van der Waals surface area (Å²) in [7, 11) is 1.65. The molecule has 2 N–H and O–H groups in total. The number of rotatable bonds is 7. The lowest BCUT2D eigenvalue weighted by atomic mass is 10.2. The fourth-order valence-electron chi connectivity index (χ4n) is 1.26. The number of aliphatic imine (C=N–C) groups is 1. The summed E-state index contributed by atoms with van der Waals surface area (Å²) in [5.74, 6) is 0.658. The molecule has 0 aliphatic carbocycles. The highest BCUT2D eigenvalue weighted by Gasteiger charge is 2.25. The molecule has 0 saturated carbocycles. The van der Waals surface area contributed by atoms with E-state index in [0.29, 0.717) is 18.9 Å². The molecule has 0 aliphatic heterocycles. The maximum Gasteiger partial charge on any atom is 0.389 e. The van der Waals surface area contributed by atoms with Gasteiger partial charge < -0.3 is 10.6 Å². The van der Waals surface area contributed by atoms with Crippen LogP contribution in [0.15, 0.2) is 4.99 Å². The molecule has 0 atom stereocenters. The van der Waals surface area contributed by atoms with Crippen LogP contribution in [0.3, 0.4) is 0 Å². The second-order valence-corrected chi connectivity index (χ2v) is 3.85. The lowest BCUT2D eigenvalue weighted by Gasteiger charge is -2.11. The summed E-state index contributed by atoms with van der Waals surface area (Å²) in [6, 6.07) is 0. The minimum absolute atomic E-state index is 0.155. The molecule has 17 heavy (non-hydrogen) atoms. The van der Waals surface area contributed by atoms with Crippen molar-refractivity contribution in [3.63, 3.8) is 0 Å². The summed E-state index contributed by atoms with van der Waals surface area (Å²) >= 11 is 0. The number of guanidine groups is 1. The molecule has 0 heterocycles. The molecule has 6 heteroatoms. The Morgan fingerprint density at radius 3 is 2.12 bits per heavy atom. The van der Waals surface area contributed by atoms with E-state index < -0.39 is 12.6 Å². The van der Waals surface area contributed by atoms with Crippen LogP contribution in [0.5, 0.6) is 0 Å². The van der Waals surface area contributed by atoms with Crippen LogP contribution in [0, 0.1) is 0 Å². The van der Waals surface area contributed by atoms with E-state index in [1.165, 1.54) is 0 Å². The van der Waals surface area contributed by atoms with Crippen molar-refractivity contribution >= 4 is 5.96 Å². The van der Waals surface area contributed by atoms with Crippen molar-refractivity contribution in [3.05, 3.63) is 0 Å². The van der Waals surface area contributed by atoms with Crippen LogP contribution in [-0.4, -0.2) is 32.3 Å². The monoisotopic (exact) mass is 253 g/mol. The van der Waals surface area contributed by atoms with Gasteiger partial charge in [-0.3, -0.25) is 4.99 Å². The summed E-state index contributed by atoms with van der Waals surface area (Å²) in [6.45, 7) is 3.44. The average Bonchev–Trinajstić information content (AvgIpc) is 2.25. The van der Waals surface area contributed by atoms with Crippen LogP contribution in [0.25, 0.3) is 0 Å². The standard InChI is InChI=1S/C11H22F3N3/c1-3-4-8-16-10(15-2)17-9-6-5-7-11(12,13)14/h3-9H2,1-2H3,(H2,15,16,17). The molecule has 0 spiro atoms. The Bertz CT molecular complexity index is 214. The predicted octanol–water partition coefficient (Wildman–Crippen LogP) is 2.68. The zero-order valence-electron chi connectivity index (χ0n) is 10.5. The molecule has 0 saturated heterocycles. The van der Waals surface area contributed by atoms with Crippen LogP contribution >= 0.6 is 0 Å². The molecule has 0 aromatic rings. The Kier molecular flexibility index (Phi) is 8.62. The maximum absolute atomic E-state index is 11.9. The number of nitrogens with zero attached hydrogens (tertiary/aromatic N) is 1. The average molecular weight is 253 g/mol. The topological polar surface area (TPSA) is 36.4 Å². The van der Waals surface area contributed by atoms with Gasteiger partial charge in [0.25, 0.3) is 0 Å². The van der Waals surface area contributed by atoms with Crippen LogP contribution < -0.4 is 10.6 Å². The third kappa shape index (κ3) is 11.3. The Balaban J connectivity index is 3.51. The molecule has 3 nitrogen and oxygen atoms in total. The van der Waals surface area contributed by atoms with E-state index in [1.807, 2.05) is 0 Å². The quantitative estimate of drug-likeness (QED) is 0.416. The highest BCUT2D eigenvalue weighted by atomic mass is 19.4. The van der Waals surface area contributed by atoms with E-state index in [9.17, 15) is 13.2 Å². The maximum atomic E-state index is 11.9. The molecular weight excluding hydrogens is 231 g/mol. The van der Waals surface area contributed by atoms with E-state index in [0.717, 1.165) is 19.4 Å². The number of alkyl halides is 3. The van der Waals surface area contributed by atoms with E-state index in [2.05, 4.69) is 22.5 Å². The van der Waals surface area contributed by atoms with E-state index in [1.54, 1.807) is 7.05 Å². The van der Waals surface area contributed by atoms with E-state index >= 15 is 0 Å². The fourth-order valence-corrected chi connectivity index (χ4v) is 1.26. The van der Waals surface area contributed by atoms with Gasteiger partial charge in [-0.05, 0) is 19.3 Å². The normalized spacial score (nSPS) is 12.6. The van der Waals surface area contributed by atoms with Gasteiger partial charge >= 0.3 is 6.18 Å². The van der Waals surface area contributed by atoms with Gasteiger partial charge in [-0.15, -0.1) is 0 Å². The molecule has 0 bridgehead atoms. The summed E-state index contributed by atoms with van der Waals surface area (Å²) in [5, 5.41) is 6.08. The van der Waals surface area contributed by atoms with Gasteiger partial charge in [0, 0.05) is 26.6 Å². The van der Waals surface area contributed by atoms with Crippen molar-refractivity contribution in [1.29, 1.82) is 0 Å². The molecule has 0 fully saturated rings. The first-order chi connectivity index (χ1) is 7.99. The SMILES string of the molecule is CCCCNC(=NC)NCCCCC(F)(F)F. The number of hydrogen-bond acceptors (Lipinski definition) is 1. The Morgan fingerprint density at radius 2 is 1.65 bits per heavy atom. The minimum atomic E-state index is -4.04. The van der Waals surface area contributed by atoms with Crippen LogP contribution in [0.4, 0.5) is 13.2 Å². The zero-order valence-corrected chi connectivity index (χ0v) is 10.5. The van der Waals surface area contributed by atoms with Gasteiger partial charge in [-0.25, -0.2) is 0 Å². The summed E-state index contributed by atoms with van der Waals surface area (Å²) in [4.78, 5) is 3.98. The summed E-state index contributed by atoms with van der Waals surface area (Å²) < 4.78 is 35.6. The molecule has 0 amide bonds. The molecular formula is C11H22F3N3. The highest BCUT2D eigenvalue weighted by Crippen LogP contribution is 2.21. The van der Waals surface area contributed by atoms with Crippen molar-refractivity contribution in [2.24, 2.45) is 4.99 Å².